The minimum absolute atomic E-state index is 0.461. The molecule has 0 radical (unpaired) electrons. The van der Waals surface area contributed by atoms with Gasteiger partial charge >= 0.3 is 5.97 Å². The predicted molar refractivity (Wildman–Crippen MR) is 103 cm³/mol. The molecule has 0 amide bonds. The average Bonchev–Trinajstić information content (AvgIpc) is 2.67. The molecule has 1 unspecified atom stereocenters. The first-order valence-corrected chi connectivity index (χ1v) is 8.68. The maximum atomic E-state index is 11.7. The van der Waals surface area contributed by atoms with Gasteiger partial charge in [-0.1, -0.05) is 86.1 Å². The molecule has 3 rings (SSSR count). The number of hydrogen-bond acceptors (Lipinski definition) is 1. The van der Waals surface area contributed by atoms with E-state index in [1.807, 2.05) is 55.5 Å². The molecule has 1 atom stereocenters. The van der Waals surface area contributed by atoms with Crippen molar-refractivity contribution in [1.29, 1.82) is 0 Å². The van der Waals surface area contributed by atoms with Crippen molar-refractivity contribution in [3.8, 4) is 22.3 Å². The molecule has 0 spiro atoms. The molecule has 126 valence electrons. The largest absolute Gasteiger partial charge is 0.481 e. The van der Waals surface area contributed by atoms with Crippen molar-refractivity contribution in [3.05, 3.63) is 84.4 Å². The summed E-state index contributed by atoms with van der Waals surface area (Å²) < 4.78 is 0. The molecule has 3 aromatic rings. The van der Waals surface area contributed by atoms with Crippen LogP contribution in [0.3, 0.4) is 0 Å². The van der Waals surface area contributed by atoms with Crippen LogP contribution in [0.1, 0.15) is 31.2 Å². The summed E-state index contributed by atoms with van der Waals surface area (Å²) in [4.78, 5) is 11.7. The molecule has 0 saturated carbocycles. The Morgan fingerprint density at radius 3 is 1.92 bits per heavy atom. The van der Waals surface area contributed by atoms with Crippen molar-refractivity contribution >= 4 is 5.97 Å². The van der Waals surface area contributed by atoms with Crippen LogP contribution in [0, 0.1) is 0 Å². The summed E-state index contributed by atoms with van der Waals surface area (Å²) in [6.07, 6.45) is 1.49. The number of carbonyl (C=O) groups is 1. The fraction of sp³-hybridized carbons (Fsp3) is 0.174. The van der Waals surface area contributed by atoms with Gasteiger partial charge in [0.2, 0.25) is 0 Å². The topological polar surface area (TPSA) is 37.3 Å². The average molecular weight is 330 g/mol. The lowest BCUT2D eigenvalue weighted by Gasteiger charge is -2.17. The lowest BCUT2D eigenvalue weighted by atomic mass is 9.87. The van der Waals surface area contributed by atoms with Gasteiger partial charge in [-0.05, 0) is 40.3 Å². The van der Waals surface area contributed by atoms with Crippen LogP contribution < -0.4 is 0 Å². The Morgan fingerprint density at radius 2 is 1.40 bits per heavy atom. The molecule has 0 aromatic heterocycles. The fourth-order valence-corrected chi connectivity index (χ4v) is 3.23. The molecule has 25 heavy (non-hydrogen) atoms. The van der Waals surface area contributed by atoms with Crippen LogP contribution in [0.25, 0.3) is 22.3 Å². The van der Waals surface area contributed by atoms with Gasteiger partial charge in [0.1, 0.15) is 0 Å². The van der Waals surface area contributed by atoms with Gasteiger partial charge < -0.3 is 5.11 Å². The summed E-state index contributed by atoms with van der Waals surface area (Å²) >= 11 is 0. The lowest BCUT2D eigenvalue weighted by molar-refractivity contribution is -0.139. The molecule has 0 saturated heterocycles. The van der Waals surface area contributed by atoms with E-state index in [1.165, 1.54) is 0 Å². The van der Waals surface area contributed by atoms with Crippen LogP contribution in [0.2, 0.25) is 0 Å². The van der Waals surface area contributed by atoms with E-state index in [9.17, 15) is 9.90 Å². The Bertz CT molecular complexity index is 838. The Morgan fingerprint density at radius 1 is 0.840 bits per heavy atom. The summed E-state index contributed by atoms with van der Waals surface area (Å²) in [7, 11) is 0. The standard InChI is InChI=1S/C23H22O2/c1-2-9-21(23(24)25)19-14-15-20(17-10-5-3-6-11-17)22(16-19)18-12-7-4-8-13-18/h3-8,10-16,21H,2,9H2,1H3,(H,24,25). The third-order valence-corrected chi connectivity index (χ3v) is 4.49. The zero-order chi connectivity index (χ0) is 17.6. The Hall–Kier alpha value is -2.87. The van der Waals surface area contributed by atoms with Crippen LogP contribution in [0.15, 0.2) is 78.9 Å². The molecule has 0 bridgehead atoms. The van der Waals surface area contributed by atoms with Crippen molar-refractivity contribution in [2.75, 3.05) is 0 Å². The molecule has 2 nitrogen and oxygen atoms in total. The third-order valence-electron chi connectivity index (χ3n) is 4.49. The van der Waals surface area contributed by atoms with E-state index in [-0.39, 0.29) is 0 Å². The molecule has 3 aromatic carbocycles. The summed E-state index contributed by atoms with van der Waals surface area (Å²) in [5, 5.41) is 9.61. The number of hydrogen-bond donors (Lipinski definition) is 1. The van der Waals surface area contributed by atoms with E-state index in [0.29, 0.717) is 6.42 Å². The minimum Gasteiger partial charge on any atom is -0.481 e. The van der Waals surface area contributed by atoms with Gasteiger partial charge in [-0.15, -0.1) is 0 Å². The summed E-state index contributed by atoms with van der Waals surface area (Å²) in [5.74, 6) is -1.22. The normalized spacial score (nSPS) is 11.9. The van der Waals surface area contributed by atoms with Crippen molar-refractivity contribution < 1.29 is 9.90 Å². The molecule has 2 heteroatoms. The second kappa shape index (κ2) is 7.80. The zero-order valence-corrected chi connectivity index (χ0v) is 14.4. The zero-order valence-electron chi connectivity index (χ0n) is 14.4. The van der Waals surface area contributed by atoms with Crippen molar-refractivity contribution in [1.82, 2.24) is 0 Å². The fourth-order valence-electron chi connectivity index (χ4n) is 3.23. The van der Waals surface area contributed by atoms with E-state index in [4.69, 9.17) is 0 Å². The van der Waals surface area contributed by atoms with Gasteiger partial charge in [0.05, 0.1) is 5.92 Å². The third kappa shape index (κ3) is 3.80. The van der Waals surface area contributed by atoms with Gasteiger partial charge in [0.15, 0.2) is 0 Å². The highest BCUT2D eigenvalue weighted by Gasteiger charge is 2.20. The summed E-state index contributed by atoms with van der Waals surface area (Å²) in [6, 6.07) is 26.4. The summed E-state index contributed by atoms with van der Waals surface area (Å²) in [5.41, 5.74) is 5.30. The predicted octanol–water partition coefficient (Wildman–Crippen LogP) is 5.99. The van der Waals surface area contributed by atoms with Gasteiger partial charge in [-0.3, -0.25) is 4.79 Å². The molecule has 0 aliphatic carbocycles. The number of carboxylic acid groups (broad SMARTS) is 1. The first-order valence-electron chi connectivity index (χ1n) is 8.68. The summed E-state index contributed by atoms with van der Waals surface area (Å²) in [6.45, 7) is 2.02. The molecule has 1 N–H and O–H groups in total. The highest BCUT2D eigenvalue weighted by molar-refractivity contribution is 5.85. The first-order chi connectivity index (χ1) is 12.2. The first kappa shape index (κ1) is 17.0. The lowest BCUT2D eigenvalue weighted by Crippen LogP contribution is -2.11. The number of carboxylic acids is 1. The van der Waals surface area contributed by atoms with Gasteiger partial charge in [-0.2, -0.15) is 0 Å². The Labute approximate surface area is 148 Å². The van der Waals surface area contributed by atoms with Crippen LogP contribution >= 0.6 is 0 Å². The van der Waals surface area contributed by atoms with Crippen LogP contribution in [-0.4, -0.2) is 11.1 Å². The van der Waals surface area contributed by atoms with E-state index >= 15 is 0 Å². The van der Waals surface area contributed by atoms with Crippen LogP contribution in [0.4, 0.5) is 0 Å². The van der Waals surface area contributed by atoms with E-state index < -0.39 is 11.9 Å². The van der Waals surface area contributed by atoms with Crippen molar-refractivity contribution in [3.63, 3.8) is 0 Å². The second-order valence-corrected chi connectivity index (χ2v) is 6.22. The van der Waals surface area contributed by atoms with Gasteiger partial charge in [-0.25, -0.2) is 0 Å². The maximum absolute atomic E-state index is 11.7. The van der Waals surface area contributed by atoms with Crippen LogP contribution in [-0.2, 0) is 4.79 Å². The van der Waals surface area contributed by atoms with Gasteiger partial charge in [0, 0.05) is 0 Å². The molecular weight excluding hydrogens is 308 g/mol. The Balaban J connectivity index is 2.16. The van der Waals surface area contributed by atoms with E-state index in [0.717, 1.165) is 34.2 Å². The number of benzene rings is 3. The number of rotatable bonds is 6. The monoisotopic (exact) mass is 330 g/mol. The highest BCUT2D eigenvalue weighted by atomic mass is 16.4. The van der Waals surface area contributed by atoms with E-state index in [2.05, 4.69) is 30.3 Å². The second-order valence-electron chi connectivity index (χ2n) is 6.22. The molecule has 0 aliphatic rings. The number of aliphatic carboxylic acids is 1. The van der Waals surface area contributed by atoms with Crippen LogP contribution in [0.5, 0.6) is 0 Å². The van der Waals surface area contributed by atoms with Gasteiger partial charge in [0.25, 0.3) is 0 Å². The van der Waals surface area contributed by atoms with Crippen molar-refractivity contribution in [2.45, 2.75) is 25.7 Å². The molecular formula is C23H22O2. The highest BCUT2D eigenvalue weighted by Crippen LogP contribution is 2.35. The molecule has 0 aliphatic heterocycles. The quantitative estimate of drug-likeness (QED) is 0.603. The SMILES string of the molecule is CCCC(C(=O)O)c1ccc(-c2ccccc2)c(-c2ccccc2)c1. The maximum Gasteiger partial charge on any atom is 0.310 e. The van der Waals surface area contributed by atoms with E-state index in [1.54, 1.807) is 0 Å². The van der Waals surface area contributed by atoms with Crippen molar-refractivity contribution in [2.24, 2.45) is 0 Å². The molecule has 0 fully saturated rings. The Kier molecular flexibility index (Phi) is 5.30. The molecule has 0 heterocycles. The smallest absolute Gasteiger partial charge is 0.310 e. The minimum atomic E-state index is -0.756.